The van der Waals surface area contributed by atoms with Crippen molar-refractivity contribution in [2.75, 3.05) is 0 Å². The zero-order valence-electron chi connectivity index (χ0n) is 13.8. The van der Waals surface area contributed by atoms with Crippen LogP contribution in [0, 0.1) is 0 Å². The van der Waals surface area contributed by atoms with Gasteiger partial charge in [0.1, 0.15) is 0 Å². The summed E-state index contributed by atoms with van der Waals surface area (Å²) in [5.41, 5.74) is 1.19. The van der Waals surface area contributed by atoms with Crippen molar-refractivity contribution in [1.29, 1.82) is 0 Å². The summed E-state index contributed by atoms with van der Waals surface area (Å²) in [5, 5.41) is 0. The average molecular weight is 334 g/mol. The van der Waals surface area contributed by atoms with E-state index in [0.717, 1.165) is 11.1 Å². The molecule has 5 heteroatoms. The number of hydrogen-bond donors (Lipinski definition) is 0. The van der Waals surface area contributed by atoms with Crippen LogP contribution in [0.15, 0.2) is 60.7 Å². The molecule has 0 amide bonds. The van der Waals surface area contributed by atoms with Gasteiger partial charge in [-0.1, -0.05) is 60.7 Å². The predicted molar refractivity (Wildman–Crippen MR) is 90.9 cm³/mol. The molecule has 0 atom stereocenters. The Morgan fingerprint density at radius 1 is 0.783 bits per heavy atom. The van der Waals surface area contributed by atoms with E-state index in [2.05, 4.69) is 0 Å². The van der Waals surface area contributed by atoms with Crippen molar-refractivity contribution in [3.63, 3.8) is 0 Å². The summed E-state index contributed by atoms with van der Waals surface area (Å²) < 4.78 is 29.5. The second-order valence-electron chi connectivity index (χ2n) is 6.17. The highest BCUT2D eigenvalue weighted by molar-refractivity contribution is 7.48. The van der Waals surface area contributed by atoms with Crippen molar-refractivity contribution < 1.29 is 18.1 Å². The molecule has 0 saturated carbocycles. The van der Waals surface area contributed by atoms with Gasteiger partial charge in [-0.3, -0.25) is 13.6 Å². The quantitative estimate of drug-likeness (QED) is 0.641. The van der Waals surface area contributed by atoms with Crippen LogP contribution in [0.25, 0.3) is 0 Å². The molecule has 0 aliphatic carbocycles. The Morgan fingerprint density at radius 3 is 1.52 bits per heavy atom. The molecule has 0 fully saturated rings. The van der Waals surface area contributed by atoms with Gasteiger partial charge < -0.3 is 0 Å². The number of phosphoric ester groups is 1. The Kier molecular flexibility index (Phi) is 6.14. The van der Waals surface area contributed by atoms with Crippen LogP contribution in [0.5, 0.6) is 0 Å². The molecule has 0 saturated heterocycles. The summed E-state index contributed by atoms with van der Waals surface area (Å²) >= 11 is 0. The number of phosphoric acid groups is 1. The van der Waals surface area contributed by atoms with Crippen molar-refractivity contribution in [2.24, 2.45) is 0 Å². The number of hydrogen-bond acceptors (Lipinski definition) is 4. The smallest absolute Gasteiger partial charge is 0.282 e. The first-order valence-corrected chi connectivity index (χ1v) is 9.00. The van der Waals surface area contributed by atoms with E-state index in [4.69, 9.17) is 13.6 Å². The minimum absolute atomic E-state index is 0.170. The lowest BCUT2D eigenvalue weighted by molar-refractivity contribution is 0.0368. The third-order valence-corrected chi connectivity index (χ3v) is 4.51. The van der Waals surface area contributed by atoms with Gasteiger partial charge in [0.15, 0.2) is 0 Å². The molecule has 0 aliphatic heterocycles. The highest BCUT2D eigenvalue weighted by Crippen LogP contribution is 2.53. The molecule has 0 radical (unpaired) electrons. The summed E-state index contributed by atoms with van der Waals surface area (Å²) in [4.78, 5) is 0. The Labute approximate surface area is 138 Å². The molecule has 0 spiro atoms. The SMILES string of the molecule is CC(C)(C)OP(=O)(OCc1ccccc1)OCc1ccccc1. The predicted octanol–water partition coefficient (Wildman–Crippen LogP) is 5.34. The summed E-state index contributed by atoms with van der Waals surface area (Å²) in [6.45, 7) is 5.79. The molecule has 2 aromatic rings. The minimum atomic E-state index is -3.67. The van der Waals surface area contributed by atoms with E-state index in [-0.39, 0.29) is 13.2 Å². The normalized spacial score (nSPS) is 12.3. The maximum absolute atomic E-state index is 12.9. The van der Waals surface area contributed by atoms with Crippen LogP contribution in [0.1, 0.15) is 31.9 Å². The standard InChI is InChI=1S/C18H23O4P/c1-18(2,3)22-23(19,20-14-16-10-6-4-7-11-16)21-15-17-12-8-5-9-13-17/h4-13H,14-15H2,1-3H3. The molecule has 0 unspecified atom stereocenters. The molecule has 0 heterocycles. The number of benzene rings is 2. The Bertz CT molecular complexity index is 588. The van der Waals surface area contributed by atoms with Gasteiger partial charge >= 0.3 is 7.82 Å². The maximum atomic E-state index is 12.9. The molecular formula is C18H23O4P. The third-order valence-electron chi connectivity index (χ3n) is 2.85. The summed E-state index contributed by atoms with van der Waals surface area (Å²) in [6.07, 6.45) is 0. The summed E-state index contributed by atoms with van der Waals surface area (Å²) in [6, 6.07) is 19.0. The zero-order chi connectivity index (χ0) is 16.8. The van der Waals surface area contributed by atoms with Crippen LogP contribution >= 0.6 is 7.82 Å². The first kappa shape index (κ1) is 17.9. The Balaban J connectivity index is 2.04. The van der Waals surface area contributed by atoms with Crippen LogP contribution in [-0.4, -0.2) is 5.60 Å². The van der Waals surface area contributed by atoms with Gasteiger partial charge in [0.25, 0.3) is 0 Å². The molecule has 124 valence electrons. The second-order valence-corrected chi connectivity index (χ2v) is 7.76. The summed E-state index contributed by atoms with van der Waals surface area (Å²) in [5.74, 6) is 0. The second kappa shape index (κ2) is 7.89. The molecule has 2 rings (SSSR count). The zero-order valence-corrected chi connectivity index (χ0v) is 14.7. The van der Waals surface area contributed by atoms with Crippen LogP contribution < -0.4 is 0 Å². The lowest BCUT2D eigenvalue weighted by atomic mass is 10.2. The number of rotatable bonds is 7. The van der Waals surface area contributed by atoms with Gasteiger partial charge in [-0.25, -0.2) is 4.57 Å². The van der Waals surface area contributed by atoms with Crippen LogP contribution in [0.3, 0.4) is 0 Å². The first-order chi connectivity index (χ1) is 10.9. The molecule has 0 aromatic heterocycles. The summed E-state index contributed by atoms with van der Waals surface area (Å²) in [7, 11) is -3.67. The van der Waals surface area contributed by atoms with Crippen molar-refractivity contribution in [1.82, 2.24) is 0 Å². The van der Waals surface area contributed by atoms with Crippen LogP contribution in [-0.2, 0) is 31.4 Å². The lowest BCUT2D eigenvalue weighted by Gasteiger charge is -2.26. The highest BCUT2D eigenvalue weighted by Gasteiger charge is 2.33. The van der Waals surface area contributed by atoms with Gasteiger partial charge in [-0.05, 0) is 31.9 Å². The largest absolute Gasteiger partial charge is 0.475 e. The monoisotopic (exact) mass is 334 g/mol. The lowest BCUT2D eigenvalue weighted by Crippen LogP contribution is -2.19. The van der Waals surface area contributed by atoms with Gasteiger partial charge in [0.05, 0.1) is 18.8 Å². The van der Waals surface area contributed by atoms with Crippen LogP contribution in [0.2, 0.25) is 0 Å². The molecule has 4 nitrogen and oxygen atoms in total. The molecule has 2 aromatic carbocycles. The van der Waals surface area contributed by atoms with Crippen molar-refractivity contribution in [3.05, 3.63) is 71.8 Å². The molecule has 23 heavy (non-hydrogen) atoms. The Morgan fingerprint density at radius 2 is 1.17 bits per heavy atom. The van der Waals surface area contributed by atoms with Gasteiger partial charge in [-0.2, -0.15) is 0 Å². The van der Waals surface area contributed by atoms with Crippen LogP contribution in [0.4, 0.5) is 0 Å². The van der Waals surface area contributed by atoms with E-state index < -0.39 is 13.4 Å². The fourth-order valence-electron chi connectivity index (χ4n) is 1.88. The average Bonchev–Trinajstić information content (AvgIpc) is 2.52. The third kappa shape index (κ3) is 6.67. The van der Waals surface area contributed by atoms with Crippen molar-refractivity contribution in [3.8, 4) is 0 Å². The van der Waals surface area contributed by atoms with E-state index in [1.54, 1.807) is 0 Å². The van der Waals surface area contributed by atoms with E-state index in [1.165, 1.54) is 0 Å². The molecule has 0 bridgehead atoms. The minimum Gasteiger partial charge on any atom is -0.282 e. The van der Waals surface area contributed by atoms with E-state index in [1.807, 2.05) is 81.4 Å². The van der Waals surface area contributed by atoms with Gasteiger partial charge in [-0.15, -0.1) is 0 Å². The fraction of sp³-hybridized carbons (Fsp3) is 0.333. The highest BCUT2D eigenvalue weighted by atomic mass is 31.2. The van der Waals surface area contributed by atoms with Crippen molar-refractivity contribution >= 4 is 7.82 Å². The first-order valence-electron chi connectivity index (χ1n) is 7.54. The maximum Gasteiger partial charge on any atom is 0.475 e. The van der Waals surface area contributed by atoms with E-state index in [0.29, 0.717) is 0 Å². The molecule has 0 N–H and O–H groups in total. The van der Waals surface area contributed by atoms with Crippen molar-refractivity contribution in [2.45, 2.75) is 39.6 Å². The fourth-order valence-corrected chi connectivity index (χ4v) is 3.35. The van der Waals surface area contributed by atoms with E-state index >= 15 is 0 Å². The van der Waals surface area contributed by atoms with Gasteiger partial charge in [0.2, 0.25) is 0 Å². The molecular weight excluding hydrogens is 311 g/mol. The molecule has 0 aliphatic rings. The van der Waals surface area contributed by atoms with E-state index in [9.17, 15) is 4.57 Å². The van der Waals surface area contributed by atoms with Gasteiger partial charge in [0, 0.05) is 0 Å². The Hall–Kier alpha value is -1.45. The topological polar surface area (TPSA) is 44.8 Å².